The smallest absolute Gasteiger partial charge is 0.336 e. The molecule has 0 spiro atoms. The van der Waals surface area contributed by atoms with Gasteiger partial charge in [0, 0.05) is 5.28 Å². The number of carbonyl (C=O) groups is 1. The second-order valence-electron chi connectivity index (χ2n) is 3.13. The lowest BCUT2D eigenvalue weighted by atomic mass is 10.2. The zero-order chi connectivity index (χ0) is 12.7. The molecule has 0 aromatic heterocycles. The van der Waals surface area contributed by atoms with Gasteiger partial charge >= 0.3 is 5.97 Å². The van der Waals surface area contributed by atoms with Crippen LogP contribution in [0.5, 0.6) is 0 Å². The highest BCUT2D eigenvalue weighted by Gasteiger charge is 2.27. The average Bonchev–Trinajstić information content (AvgIpc) is 2.35. The summed E-state index contributed by atoms with van der Waals surface area (Å²) in [6.07, 6.45) is -3.20. The third-order valence-corrected chi connectivity index (χ3v) is 1.88. The first-order valence-corrected chi connectivity index (χ1v) is 4.78. The van der Waals surface area contributed by atoms with Crippen LogP contribution in [0.25, 0.3) is 0 Å². The van der Waals surface area contributed by atoms with E-state index in [1.807, 2.05) is 0 Å². The number of aliphatic hydroxyl groups excluding tert-OH is 2. The molecule has 2 atom stereocenters. The van der Waals surface area contributed by atoms with E-state index in [9.17, 15) is 4.79 Å². The van der Waals surface area contributed by atoms with Crippen molar-refractivity contribution >= 4 is 11.7 Å². The monoisotopic (exact) mass is 240 g/mol. The van der Waals surface area contributed by atoms with Crippen molar-refractivity contribution in [1.29, 1.82) is 0 Å². The molecule has 1 rings (SSSR count). The van der Waals surface area contributed by atoms with Crippen LogP contribution in [-0.2, 0) is 9.63 Å². The molecular formula is C10H12N2O5. The van der Waals surface area contributed by atoms with Gasteiger partial charge in [0.1, 0.15) is 0 Å². The Labute approximate surface area is 96.9 Å². The fraction of sp³-hybridized carbons (Fsp3) is 0.300. The summed E-state index contributed by atoms with van der Waals surface area (Å²) in [5.41, 5.74) is 0.508. The number of aliphatic carboxylic acids is 1. The Morgan fingerprint density at radius 1 is 1.35 bits per heavy atom. The summed E-state index contributed by atoms with van der Waals surface area (Å²) in [4.78, 5) is 15.0. The van der Waals surface area contributed by atoms with E-state index in [2.05, 4.69) is 15.2 Å². The molecule has 0 amide bonds. The first-order valence-electron chi connectivity index (χ1n) is 4.78. The Morgan fingerprint density at radius 3 is 2.53 bits per heavy atom. The third kappa shape index (κ3) is 4.17. The van der Waals surface area contributed by atoms with Crippen LogP contribution in [-0.4, -0.2) is 40.1 Å². The Hall–Kier alpha value is -1.99. The Morgan fingerprint density at radius 2 is 2.00 bits per heavy atom. The van der Waals surface area contributed by atoms with Crippen LogP contribution in [0.15, 0.2) is 40.7 Å². The van der Waals surface area contributed by atoms with E-state index < -0.39 is 24.8 Å². The van der Waals surface area contributed by atoms with Crippen molar-refractivity contribution in [3.63, 3.8) is 0 Å². The second kappa shape index (κ2) is 6.56. The molecule has 7 heteroatoms. The predicted molar refractivity (Wildman–Crippen MR) is 56.6 cm³/mol. The maximum absolute atomic E-state index is 10.4. The fourth-order valence-corrected chi connectivity index (χ4v) is 0.976. The number of carboxylic acid groups (broad SMARTS) is 1. The van der Waals surface area contributed by atoms with Gasteiger partial charge in [-0.05, 0) is 12.1 Å². The van der Waals surface area contributed by atoms with Crippen molar-refractivity contribution in [2.24, 2.45) is 10.4 Å². The quantitative estimate of drug-likeness (QED) is 0.495. The maximum atomic E-state index is 10.4. The number of benzene rings is 1. The zero-order valence-electron chi connectivity index (χ0n) is 8.80. The van der Waals surface area contributed by atoms with Gasteiger partial charge in [0.05, 0.1) is 12.3 Å². The van der Waals surface area contributed by atoms with Crippen LogP contribution in [0.4, 0.5) is 5.69 Å². The molecule has 2 unspecified atom stereocenters. The topological polar surface area (TPSA) is 112 Å². The molecule has 0 saturated heterocycles. The highest BCUT2D eigenvalue weighted by Crippen LogP contribution is 2.11. The van der Waals surface area contributed by atoms with Crippen LogP contribution < -0.4 is 0 Å². The molecule has 3 N–H and O–H groups in total. The molecule has 7 nitrogen and oxygen atoms in total. The minimum absolute atomic E-state index is 0.508. The van der Waals surface area contributed by atoms with E-state index >= 15 is 0 Å². The number of hydrogen-bond donors (Lipinski definition) is 3. The summed E-state index contributed by atoms with van der Waals surface area (Å²) in [5.74, 6) is -1.50. The summed E-state index contributed by atoms with van der Waals surface area (Å²) in [5, 5.41) is 33.3. The molecule has 0 aliphatic rings. The maximum Gasteiger partial charge on any atom is 0.336 e. The predicted octanol–water partition coefficient (Wildman–Crippen LogP) is 0.508. The summed E-state index contributed by atoms with van der Waals surface area (Å²) >= 11 is 0. The molecule has 17 heavy (non-hydrogen) atoms. The van der Waals surface area contributed by atoms with Crippen LogP contribution in [0.3, 0.4) is 0 Å². The van der Waals surface area contributed by atoms with Crippen molar-refractivity contribution in [1.82, 2.24) is 0 Å². The minimum Gasteiger partial charge on any atom is -0.479 e. The van der Waals surface area contributed by atoms with Crippen LogP contribution >= 0.6 is 0 Å². The largest absolute Gasteiger partial charge is 0.479 e. The van der Waals surface area contributed by atoms with Gasteiger partial charge in [-0.3, -0.25) is 0 Å². The molecule has 0 fully saturated rings. The lowest BCUT2D eigenvalue weighted by Crippen LogP contribution is -2.37. The Kier molecular flexibility index (Phi) is 5.05. The molecule has 1 aromatic carbocycles. The number of nitrogens with zero attached hydrogens (tertiary/aromatic N) is 2. The summed E-state index contributed by atoms with van der Waals surface area (Å²) in [7, 11) is 0. The number of rotatable bonds is 6. The van der Waals surface area contributed by atoms with Gasteiger partial charge in [0.25, 0.3) is 0 Å². The van der Waals surface area contributed by atoms with Gasteiger partial charge in [-0.1, -0.05) is 18.2 Å². The molecule has 0 saturated carbocycles. The number of carboxylic acids is 1. The normalized spacial score (nSPS) is 14.5. The Balaban J connectivity index is 2.53. The molecule has 92 valence electrons. The first-order chi connectivity index (χ1) is 8.15. The van der Waals surface area contributed by atoms with E-state index in [0.29, 0.717) is 5.69 Å². The molecular weight excluding hydrogens is 228 g/mol. The molecule has 0 heterocycles. The highest BCUT2D eigenvalue weighted by molar-refractivity contribution is 5.72. The van der Waals surface area contributed by atoms with Crippen molar-refractivity contribution < 1.29 is 25.0 Å². The third-order valence-electron chi connectivity index (χ3n) is 1.88. The molecule has 0 radical (unpaired) electrons. The van der Waals surface area contributed by atoms with Crippen LogP contribution in [0.2, 0.25) is 0 Å². The average molecular weight is 240 g/mol. The minimum atomic E-state index is -1.85. The van der Waals surface area contributed by atoms with E-state index in [1.165, 1.54) is 0 Å². The summed E-state index contributed by atoms with van der Waals surface area (Å²) < 4.78 is 0. The fourth-order valence-electron chi connectivity index (χ4n) is 0.976. The molecule has 1 aromatic rings. The van der Waals surface area contributed by atoms with Crippen LogP contribution in [0.1, 0.15) is 0 Å². The number of aliphatic hydroxyl groups is 2. The zero-order valence-corrected chi connectivity index (χ0v) is 8.80. The second-order valence-corrected chi connectivity index (χ2v) is 3.13. The van der Waals surface area contributed by atoms with Gasteiger partial charge in [-0.25, -0.2) is 4.79 Å². The van der Waals surface area contributed by atoms with Gasteiger partial charge in [-0.2, -0.15) is 0 Å². The van der Waals surface area contributed by atoms with Crippen LogP contribution in [0, 0.1) is 0 Å². The van der Waals surface area contributed by atoms with Gasteiger partial charge in [0.15, 0.2) is 12.2 Å². The summed E-state index contributed by atoms with van der Waals surface area (Å²) in [6, 6.07) is 8.60. The highest BCUT2D eigenvalue weighted by atomic mass is 16.7. The van der Waals surface area contributed by atoms with E-state index in [4.69, 9.17) is 15.3 Å². The lowest BCUT2D eigenvalue weighted by Gasteiger charge is -2.13. The SMILES string of the molecule is O=C(O)C(O)C(CO)O/N=N/c1ccccc1. The van der Waals surface area contributed by atoms with Gasteiger partial charge < -0.3 is 20.2 Å². The molecule has 0 bridgehead atoms. The molecule has 0 aliphatic carbocycles. The van der Waals surface area contributed by atoms with Crippen molar-refractivity contribution in [2.75, 3.05) is 6.61 Å². The first kappa shape index (κ1) is 13.1. The van der Waals surface area contributed by atoms with Gasteiger partial charge in [-0.15, -0.1) is 5.11 Å². The van der Waals surface area contributed by atoms with E-state index in [0.717, 1.165) is 0 Å². The lowest BCUT2D eigenvalue weighted by molar-refractivity contribution is -0.158. The Bertz CT molecular complexity index is 382. The summed E-state index contributed by atoms with van der Waals surface area (Å²) in [6.45, 7) is -0.679. The standard InChI is InChI=1S/C10H12N2O5/c13-6-8(9(14)10(15)16)17-12-11-7-4-2-1-3-5-7/h1-5,8-9,13-14H,6H2,(H,15,16)/b12-11+. The number of hydrogen-bond acceptors (Lipinski definition) is 6. The van der Waals surface area contributed by atoms with Gasteiger partial charge in [0.2, 0.25) is 0 Å². The van der Waals surface area contributed by atoms with E-state index in [1.54, 1.807) is 30.3 Å². The van der Waals surface area contributed by atoms with E-state index in [-0.39, 0.29) is 0 Å². The molecule has 0 aliphatic heterocycles. The van der Waals surface area contributed by atoms with Crippen molar-refractivity contribution in [2.45, 2.75) is 12.2 Å². The van der Waals surface area contributed by atoms with Crippen molar-refractivity contribution in [3.05, 3.63) is 30.3 Å². The van der Waals surface area contributed by atoms with Crippen molar-refractivity contribution in [3.8, 4) is 0 Å².